The van der Waals surface area contributed by atoms with Crippen LogP contribution in [0.3, 0.4) is 0 Å². The summed E-state index contributed by atoms with van der Waals surface area (Å²) < 4.78 is 65.3. The van der Waals surface area contributed by atoms with Crippen LogP contribution in [-0.4, -0.2) is 35.2 Å². The minimum atomic E-state index is -5.12. The maximum Gasteiger partial charge on any atom is 0.442 e. The molecule has 1 aliphatic rings. The lowest BCUT2D eigenvalue weighted by molar-refractivity contribution is -0.269. The topological polar surface area (TPSA) is 69.2 Å². The van der Waals surface area contributed by atoms with Gasteiger partial charge in [-0.05, 0) is 43.4 Å². The van der Waals surface area contributed by atoms with Crippen LogP contribution in [0.4, 0.5) is 23.2 Å². The number of para-hydroxylation sites is 1. The molecule has 0 bridgehead atoms. The van der Waals surface area contributed by atoms with E-state index in [-0.39, 0.29) is 33.8 Å². The van der Waals surface area contributed by atoms with Crippen molar-refractivity contribution in [2.75, 3.05) is 11.9 Å². The molecule has 0 fully saturated rings. The zero-order valence-electron chi connectivity index (χ0n) is 16.3. The van der Waals surface area contributed by atoms with E-state index >= 15 is 0 Å². The van der Waals surface area contributed by atoms with E-state index in [0.717, 1.165) is 12.1 Å². The first-order valence-corrected chi connectivity index (χ1v) is 9.88. The number of carbonyl (C=O) groups is 1. The Balaban J connectivity index is 1.86. The highest BCUT2D eigenvalue weighted by Gasteiger charge is 2.68. The molecular formula is C20H15ClF4N2O4S. The lowest BCUT2D eigenvalue weighted by Gasteiger charge is -2.26. The van der Waals surface area contributed by atoms with Crippen molar-refractivity contribution in [3.05, 3.63) is 58.9 Å². The van der Waals surface area contributed by atoms with Gasteiger partial charge in [-0.3, -0.25) is 0 Å². The third-order valence-electron chi connectivity index (χ3n) is 4.35. The van der Waals surface area contributed by atoms with Crippen LogP contribution in [0.1, 0.15) is 18.9 Å². The Morgan fingerprint density at radius 3 is 2.62 bits per heavy atom. The summed E-state index contributed by atoms with van der Waals surface area (Å²) in [5.41, 5.74) is -3.96. The van der Waals surface area contributed by atoms with Crippen molar-refractivity contribution >= 4 is 46.4 Å². The minimum Gasteiger partial charge on any atom is -0.463 e. The second-order valence-corrected chi connectivity index (χ2v) is 7.27. The van der Waals surface area contributed by atoms with Crippen molar-refractivity contribution < 1.29 is 36.7 Å². The minimum absolute atomic E-state index is 0.0894. The molecule has 3 rings (SSSR count). The van der Waals surface area contributed by atoms with E-state index in [1.54, 1.807) is 30.3 Å². The van der Waals surface area contributed by atoms with Crippen molar-refractivity contribution in [3.63, 3.8) is 0 Å². The number of carbonyl (C=O) groups excluding carboxylic acids is 1. The van der Waals surface area contributed by atoms with Crippen molar-refractivity contribution in [3.8, 4) is 5.75 Å². The van der Waals surface area contributed by atoms with Gasteiger partial charge in [-0.1, -0.05) is 35.0 Å². The Hall–Kier alpha value is -2.92. The number of hydrogen-bond donors (Lipinski definition) is 1. The Morgan fingerprint density at radius 1 is 1.31 bits per heavy atom. The molecule has 170 valence electrons. The number of alkyl halides is 3. The maximum absolute atomic E-state index is 14.4. The second kappa shape index (κ2) is 9.29. The van der Waals surface area contributed by atoms with Crippen molar-refractivity contribution in [1.82, 2.24) is 0 Å². The van der Waals surface area contributed by atoms with Gasteiger partial charge in [0.2, 0.25) is 0 Å². The number of halogens is 5. The van der Waals surface area contributed by atoms with Gasteiger partial charge in [0.15, 0.2) is 0 Å². The standard InChI is InChI=1S/C20H15ClF4N2O4S/c1-2-29-17(28)19(20(23,24)25)10-16(27-31-19)12-8-15(14(22)9-13(12)21)26-18(32)30-11-6-4-3-5-7-11/h3-9H,2,10H2,1H3,(H,26,32). The number of ether oxygens (including phenoxy) is 2. The van der Waals surface area contributed by atoms with Gasteiger partial charge in [0.25, 0.3) is 5.17 Å². The first-order valence-electron chi connectivity index (χ1n) is 9.09. The first-order chi connectivity index (χ1) is 15.1. The lowest BCUT2D eigenvalue weighted by atomic mass is 9.93. The number of nitrogens with one attached hydrogen (secondary N) is 1. The first kappa shape index (κ1) is 23.7. The van der Waals surface area contributed by atoms with Gasteiger partial charge in [-0.2, -0.15) is 13.2 Å². The molecule has 32 heavy (non-hydrogen) atoms. The summed E-state index contributed by atoms with van der Waals surface area (Å²) in [7, 11) is 0. The molecule has 0 aliphatic carbocycles. The summed E-state index contributed by atoms with van der Waals surface area (Å²) in [6, 6.07) is 10.4. The zero-order valence-corrected chi connectivity index (χ0v) is 17.9. The highest BCUT2D eigenvalue weighted by Crippen LogP contribution is 2.43. The summed E-state index contributed by atoms with van der Waals surface area (Å²) in [5.74, 6) is -2.09. The van der Waals surface area contributed by atoms with Gasteiger partial charge in [0, 0.05) is 5.56 Å². The normalized spacial score (nSPS) is 17.9. The zero-order chi connectivity index (χ0) is 23.5. The van der Waals surface area contributed by atoms with Crippen molar-refractivity contribution in [2.24, 2.45) is 5.16 Å². The van der Waals surface area contributed by atoms with Crippen LogP contribution < -0.4 is 10.1 Å². The van der Waals surface area contributed by atoms with Gasteiger partial charge in [-0.15, -0.1) is 0 Å². The van der Waals surface area contributed by atoms with Crippen LogP contribution in [0.15, 0.2) is 47.6 Å². The van der Waals surface area contributed by atoms with E-state index in [1.165, 1.54) is 6.92 Å². The van der Waals surface area contributed by atoms with E-state index in [0.29, 0.717) is 5.75 Å². The van der Waals surface area contributed by atoms with Crippen LogP contribution in [-0.2, 0) is 14.4 Å². The largest absolute Gasteiger partial charge is 0.463 e. The molecule has 1 atom stereocenters. The number of oxime groups is 1. The van der Waals surface area contributed by atoms with Gasteiger partial charge < -0.3 is 19.6 Å². The number of hydrogen-bond acceptors (Lipinski definition) is 6. The van der Waals surface area contributed by atoms with Gasteiger partial charge in [0.05, 0.1) is 29.4 Å². The quantitative estimate of drug-likeness (QED) is 0.351. The average Bonchev–Trinajstić information content (AvgIpc) is 3.18. The summed E-state index contributed by atoms with van der Waals surface area (Å²) in [4.78, 5) is 16.6. The predicted octanol–water partition coefficient (Wildman–Crippen LogP) is 5.24. The fourth-order valence-corrected chi connectivity index (χ4v) is 3.27. The van der Waals surface area contributed by atoms with Crippen molar-refractivity contribution in [2.45, 2.75) is 25.1 Å². The number of nitrogens with zero attached hydrogens (tertiary/aromatic N) is 1. The third kappa shape index (κ3) is 4.78. The van der Waals surface area contributed by atoms with E-state index in [1.807, 2.05) is 0 Å². The van der Waals surface area contributed by atoms with Gasteiger partial charge in [-0.25, -0.2) is 9.18 Å². The molecular weight excluding hydrogens is 476 g/mol. The number of anilines is 1. The predicted molar refractivity (Wildman–Crippen MR) is 112 cm³/mol. The molecule has 1 N–H and O–H groups in total. The number of rotatable bonds is 5. The van der Waals surface area contributed by atoms with Gasteiger partial charge in [0.1, 0.15) is 11.6 Å². The molecule has 0 spiro atoms. The summed E-state index contributed by atoms with van der Waals surface area (Å²) in [6.45, 7) is 1.06. The molecule has 1 heterocycles. The highest BCUT2D eigenvalue weighted by atomic mass is 35.5. The summed E-state index contributed by atoms with van der Waals surface area (Å²) in [6.07, 6.45) is -6.13. The summed E-state index contributed by atoms with van der Waals surface area (Å²) >= 11 is 11.1. The number of thiocarbonyl (C=S) groups is 1. The van der Waals surface area contributed by atoms with Crippen LogP contribution in [0.25, 0.3) is 0 Å². The SMILES string of the molecule is CCOC(=O)C1(C(F)(F)F)CC(c2cc(NC(=S)Oc3ccccc3)c(F)cc2Cl)=NO1. The Labute approximate surface area is 190 Å². The average molecular weight is 491 g/mol. The fraction of sp³-hybridized carbons (Fsp3) is 0.250. The molecule has 1 unspecified atom stereocenters. The molecule has 2 aromatic carbocycles. The Morgan fingerprint density at radius 2 is 2.00 bits per heavy atom. The Kier molecular flexibility index (Phi) is 6.89. The summed E-state index contributed by atoms with van der Waals surface area (Å²) in [5, 5.41) is 5.45. The molecule has 0 amide bonds. The fourth-order valence-electron chi connectivity index (χ4n) is 2.80. The molecule has 2 aromatic rings. The lowest BCUT2D eigenvalue weighted by Crippen LogP contribution is -2.53. The third-order valence-corrected chi connectivity index (χ3v) is 4.85. The van der Waals surface area contributed by atoms with E-state index in [2.05, 4.69) is 20.0 Å². The van der Waals surface area contributed by atoms with Gasteiger partial charge >= 0.3 is 17.7 Å². The molecule has 6 nitrogen and oxygen atoms in total. The number of benzene rings is 2. The molecule has 0 radical (unpaired) electrons. The number of esters is 1. The van der Waals surface area contributed by atoms with Crippen LogP contribution in [0.2, 0.25) is 5.02 Å². The Bertz CT molecular complexity index is 1070. The maximum atomic E-state index is 14.4. The van der Waals surface area contributed by atoms with E-state index in [9.17, 15) is 22.4 Å². The van der Waals surface area contributed by atoms with Crippen LogP contribution in [0.5, 0.6) is 5.75 Å². The van der Waals surface area contributed by atoms with E-state index < -0.39 is 30.0 Å². The van der Waals surface area contributed by atoms with Crippen molar-refractivity contribution in [1.29, 1.82) is 0 Å². The molecule has 0 aromatic heterocycles. The molecule has 0 saturated carbocycles. The second-order valence-electron chi connectivity index (χ2n) is 6.49. The van der Waals surface area contributed by atoms with Crippen LogP contribution in [0, 0.1) is 5.82 Å². The molecule has 1 aliphatic heterocycles. The smallest absolute Gasteiger partial charge is 0.442 e. The van der Waals surface area contributed by atoms with Crippen LogP contribution >= 0.6 is 23.8 Å². The highest BCUT2D eigenvalue weighted by molar-refractivity contribution is 7.80. The molecule has 12 heteroatoms. The monoisotopic (exact) mass is 490 g/mol. The van der Waals surface area contributed by atoms with E-state index in [4.69, 9.17) is 28.6 Å². The molecule has 0 saturated heterocycles.